The Morgan fingerprint density at radius 1 is 0.963 bits per heavy atom. The summed E-state index contributed by atoms with van der Waals surface area (Å²) in [6, 6.07) is 11.4. The van der Waals surface area contributed by atoms with Crippen molar-refractivity contribution in [3.63, 3.8) is 0 Å². The summed E-state index contributed by atoms with van der Waals surface area (Å²) in [5.41, 5.74) is 5.44. The van der Waals surface area contributed by atoms with E-state index in [-0.39, 0.29) is 0 Å². The van der Waals surface area contributed by atoms with Crippen LogP contribution in [0.25, 0.3) is 0 Å². The van der Waals surface area contributed by atoms with Crippen LogP contribution >= 0.6 is 11.3 Å². The van der Waals surface area contributed by atoms with E-state index in [1.165, 1.54) is 22.5 Å². The van der Waals surface area contributed by atoms with E-state index < -0.39 is 0 Å². The summed E-state index contributed by atoms with van der Waals surface area (Å²) in [5.74, 6) is 0. The quantitative estimate of drug-likeness (QED) is 0.740. The highest BCUT2D eigenvalue weighted by Gasteiger charge is 2.25. The van der Waals surface area contributed by atoms with Gasteiger partial charge >= 0.3 is 0 Å². The Labute approximate surface area is 163 Å². The Morgan fingerprint density at radius 2 is 1.81 bits per heavy atom. The van der Waals surface area contributed by atoms with Crippen molar-refractivity contribution in [3.8, 4) is 0 Å². The maximum atomic E-state index is 4.48. The summed E-state index contributed by atoms with van der Waals surface area (Å²) >= 11 is 1.71. The van der Waals surface area contributed by atoms with Gasteiger partial charge in [-0.15, -0.1) is 11.3 Å². The van der Waals surface area contributed by atoms with Gasteiger partial charge in [-0.2, -0.15) is 0 Å². The molecular formula is C21H23N5S. The molecule has 0 saturated carbocycles. The van der Waals surface area contributed by atoms with Gasteiger partial charge in [0.25, 0.3) is 0 Å². The van der Waals surface area contributed by atoms with E-state index in [2.05, 4.69) is 55.4 Å². The fourth-order valence-corrected chi connectivity index (χ4v) is 4.76. The molecule has 1 aromatic carbocycles. The minimum absolute atomic E-state index is 0.531. The molecule has 2 aliphatic rings. The average Bonchev–Trinajstić information content (AvgIpc) is 3.39. The lowest BCUT2D eigenvalue weighted by Crippen LogP contribution is -2.39. The molecule has 0 atom stereocenters. The molecular weight excluding hydrogens is 354 g/mol. The number of pyridine rings is 1. The number of fused-ring (bicyclic) bond motifs is 1. The number of thiazole rings is 1. The molecule has 0 spiro atoms. The largest absolute Gasteiger partial charge is 0.382 e. The number of aromatic nitrogens is 2. The summed E-state index contributed by atoms with van der Waals surface area (Å²) in [4.78, 5) is 13.4. The first-order valence-corrected chi connectivity index (χ1v) is 10.4. The Morgan fingerprint density at radius 3 is 2.59 bits per heavy atom. The summed E-state index contributed by atoms with van der Waals surface area (Å²) < 4.78 is 0. The highest BCUT2D eigenvalue weighted by molar-refractivity contribution is 7.13. The molecule has 0 radical (unpaired) electrons. The number of piperidine rings is 1. The number of rotatable bonds is 4. The predicted octanol–water partition coefficient (Wildman–Crippen LogP) is 4.14. The molecule has 1 N–H and O–H groups in total. The van der Waals surface area contributed by atoms with Gasteiger partial charge in [0.05, 0.1) is 0 Å². The lowest BCUT2D eigenvalue weighted by Gasteiger charge is -2.34. The summed E-state index contributed by atoms with van der Waals surface area (Å²) in [6.07, 6.45) is 7.95. The third-order valence-corrected chi connectivity index (χ3v) is 6.39. The molecule has 4 heterocycles. The Hall–Kier alpha value is -2.60. The maximum Gasteiger partial charge on any atom is 0.185 e. The lowest BCUT2D eigenvalue weighted by molar-refractivity contribution is 0.526. The van der Waals surface area contributed by atoms with Crippen LogP contribution in [0.3, 0.4) is 0 Å². The molecule has 5 nitrogen and oxygen atoms in total. The van der Waals surface area contributed by atoms with Crippen LogP contribution in [-0.4, -0.2) is 29.1 Å². The molecule has 0 aliphatic carbocycles. The smallest absolute Gasteiger partial charge is 0.185 e. The molecule has 0 unspecified atom stereocenters. The zero-order chi connectivity index (χ0) is 18.1. The van der Waals surface area contributed by atoms with Gasteiger partial charge in [-0.1, -0.05) is 12.1 Å². The van der Waals surface area contributed by atoms with E-state index in [0.717, 1.165) is 44.2 Å². The molecule has 1 fully saturated rings. The first-order chi connectivity index (χ1) is 13.4. The van der Waals surface area contributed by atoms with Gasteiger partial charge in [-0.25, -0.2) is 4.98 Å². The normalized spacial score (nSPS) is 17.2. The van der Waals surface area contributed by atoms with Gasteiger partial charge in [0.15, 0.2) is 5.13 Å². The molecule has 6 heteroatoms. The second-order valence-electron chi connectivity index (χ2n) is 7.23. The van der Waals surface area contributed by atoms with E-state index in [0.29, 0.717) is 6.04 Å². The first kappa shape index (κ1) is 16.6. The van der Waals surface area contributed by atoms with Crippen molar-refractivity contribution in [3.05, 3.63) is 65.4 Å². The van der Waals surface area contributed by atoms with Crippen molar-refractivity contribution in [1.29, 1.82) is 0 Å². The third kappa shape index (κ3) is 3.37. The Balaban J connectivity index is 1.25. The zero-order valence-electron chi connectivity index (χ0n) is 15.2. The van der Waals surface area contributed by atoms with Gasteiger partial charge in [0.1, 0.15) is 0 Å². The summed E-state index contributed by atoms with van der Waals surface area (Å²) in [6.45, 7) is 4.07. The molecule has 0 bridgehead atoms. The van der Waals surface area contributed by atoms with Gasteiger partial charge in [-0.05, 0) is 42.2 Å². The molecule has 27 heavy (non-hydrogen) atoms. The molecule has 138 valence electrons. The number of nitrogens with one attached hydrogen (secondary N) is 1. The van der Waals surface area contributed by atoms with Crippen LogP contribution in [0.2, 0.25) is 0 Å². The van der Waals surface area contributed by atoms with Crippen molar-refractivity contribution in [2.45, 2.75) is 32.0 Å². The predicted molar refractivity (Wildman–Crippen MR) is 112 cm³/mol. The van der Waals surface area contributed by atoms with Crippen LogP contribution in [0, 0.1) is 0 Å². The van der Waals surface area contributed by atoms with E-state index >= 15 is 0 Å². The van der Waals surface area contributed by atoms with Crippen LogP contribution < -0.4 is 15.1 Å². The van der Waals surface area contributed by atoms with E-state index in [4.69, 9.17) is 0 Å². The van der Waals surface area contributed by atoms with E-state index in [9.17, 15) is 0 Å². The van der Waals surface area contributed by atoms with E-state index in [1.54, 1.807) is 11.3 Å². The minimum Gasteiger partial charge on any atom is -0.382 e. The topological polar surface area (TPSA) is 44.3 Å². The molecule has 5 rings (SSSR count). The maximum absolute atomic E-state index is 4.48. The van der Waals surface area contributed by atoms with Crippen LogP contribution in [0.15, 0.2) is 54.3 Å². The standard InChI is InChI=1S/C21H23N5S/c1-2-16-14-26(21-23-10-13-27-21)15-19(16)20(3-1)24-17-6-11-25(12-7-17)18-4-8-22-9-5-18/h1-5,8-10,13,17,24H,6-7,11-12,14-15H2. The summed E-state index contributed by atoms with van der Waals surface area (Å²) in [5, 5.41) is 7.00. The molecule has 2 aromatic heterocycles. The second kappa shape index (κ2) is 7.19. The van der Waals surface area contributed by atoms with Crippen molar-refractivity contribution >= 4 is 27.8 Å². The molecule has 2 aliphatic heterocycles. The van der Waals surface area contributed by atoms with Crippen LogP contribution in [-0.2, 0) is 13.1 Å². The Bertz CT molecular complexity index is 888. The van der Waals surface area contributed by atoms with Crippen molar-refractivity contribution in [1.82, 2.24) is 9.97 Å². The monoisotopic (exact) mass is 377 g/mol. The fourth-order valence-electron chi connectivity index (χ4n) is 4.12. The SMILES string of the molecule is c1cc2c(c(NC3CCN(c4ccncc4)CC3)c1)CN(c1nccs1)C2. The Kier molecular flexibility index (Phi) is 4.41. The summed E-state index contributed by atoms with van der Waals surface area (Å²) in [7, 11) is 0. The number of hydrogen-bond donors (Lipinski definition) is 1. The van der Waals surface area contributed by atoms with Gasteiger partial charge in [0, 0.05) is 67.6 Å². The second-order valence-corrected chi connectivity index (χ2v) is 8.10. The number of hydrogen-bond acceptors (Lipinski definition) is 6. The van der Waals surface area contributed by atoms with Crippen LogP contribution in [0.1, 0.15) is 24.0 Å². The first-order valence-electron chi connectivity index (χ1n) is 9.53. The molecule has 1 saturated heterocycles. The zero-order valence-corrected chi connectivity index (χ0v) is 16.0. The third-order valence-electron chi connectivity index (χ3n) is 5.56. The number of nitrogens with zero attached hydrogens (tertiary/aromatic N) is 4. The van der Waals surface area contributed by atoms with Crippen LogP contribution in [0.5, 0.6) is 0 Å². The highest BCUT2D eigenvalue weighted by atomic mass is 32.1. The van der Waals surface area contributed by atoms with Crippen molar-refractivity contribution < 1.29 is 0 Å². The van der Waals surface area contributed by atoms with E-state index in [1.807, 2.05) is 24.0 Å². The highest BCUT2D eigenvalue weighted by Crippen LogP contribution is 2.34. The number of benzene rings is 1. The fraction of sp³-hybridized carbons (Fsp3) is 0.333. The van der Waals surface area contributed by atoms with Gasteiger partial charge in [0.2, 0.25) is 0 Å². The molecule has 0 amide bonds. The minimum atomic E-state index is 0.531. The van der Waals surface area contributed by atoms with Crippen LogP contribution in [0.4, 0.5) is 16.5 Å². The van der Waals surface area contributed by atoms with Crippen molar-refractivity contribution in [2.24, 2.45) is 0 Å². The molecule has 3 aromatic rings. The lowest BCUT2D eigenvalue weighted by atomic mass is 10.0. The van der Waals surface area contributed by atoms with Crippen molar-refractivity contribution in [2.75, 3.05) is 28.2 Å². The van der Waals surface area contributed by atoms with Gasteiger partial charge in [-0.3, -0.25) is 4.98 Å². The average molecular weight is 378 g/mol. The van der Waals surface area contributed by atoms with Gasteiger partial charge < -0.3 is 15.1 Å². The number of anilines is 3.